The molecule has 3 nitrogen and oxygen atoms in total. The van der Waals surface area contributed by atoms with E-state index in [1.807, 2.05) is 31.3 Å². The molecular formula is C13H13BrClNO2. The van der Waals surface area contributed by atoms with Gasteiger partial charge in [-0.3, -0.25) is 0 Å². The van der Waals surface area contributed by atoms with E-state index in [0.717, 1.165) is 21.5 Å². The summed E-state index contributed by atoms with van der Waals surface area (Å²) in [5, 5.41) is 3.59. The highest BCUT2D eigenvalue weighted by atomic mass is 79.9. The Kier molecular flexibility index (Phi) is 4.32. The number of methoxy groups -OCH3 is 1. The minimum Gasteiger partial charge on any atom is -0.497 e. The van der Waals surface area contributed by atoms with E-state index >= 15 is 0 Å². The normalized spacial score (nSPS) is 12.4. The zero-order valence-corrected chi connectivity index (χ0v) is 12.4. The van der Waals surface area contributed by atoms with Gasteiger partial charge in [0.05, 0.1) is 13.2 Å². The van der Waals surface area contributed by atoms with Gasteiger partial charge in [-0.1, -0.05) is 22.0 Å². The second kappa shape index (κ2) is 5.78. The Labute approximate surface area is 119 Å². The molecule has 0 fully saturated rings. The number of furan rings is 1. The summed E-state index contributed by atoms with van der Waals surface area (Å²) in [5.41, 5.74) is 1.06. The van der Waals surface area contributed by atoms with E-state index in [1.165, 1.54) is 0 Å². The van der Waals surface area contributed by atoms with Gasteiger partial charge in [-0.25, -0.2) is 0 Å². The van der Waals surface area contributed by atoms with Gasteiger partial charge in [0.1, 0.15) is 11.5 Å². The smallest absolute Gasteiger partial charge is 0.193 e. The molecule has 0 saturated carbocycles. The van der Waals surface area contributed by atoms with Gasteiger partial charge >= 0.3 is 0 Å². The number of hydrogen-bond acceptors (Lipinski definition) is 3. The van der Waals surface area contributed by atoms with Gasteiger partial charge < -0.3 is 14.5 Å². The van der Waals surface area contributed by atoms with Crippen LogP contribution in [0.4, 0.5) is 0 Å². The average Bonchev–Trinajstić information content (AvgIpc) is 2.78. The Hall–Kier alpha value is -0.970. The molecule has 96 valence electrons. The van der Waals surface area contributed by atoms with E-state index in [0.29, 0.717) is 5.22 Å². The second-order valence-electron chi connectivity index (χ2n) is 3.75. The summed E-state index contributed by atoms with van der Waals surface area (Å²) in [6.07, 6.45) is 0. The maximum atomic E-state index is 5.81. The molecule has 0 saturated heterocycles. The quantitative estimate of drug-likeness (QED) is 0.919. The maximum absolute atomic E-state index is 5.81. The fourth-order valence-electron chi connectivity index (χ4n) is 1.80. The zero-order chi connectivity index (χ0) is 13.1. The van der Waals surface area contributed by atoms with Gasteiger partial charge in [-0.15, -0.1) is 0 Å². The number of benzene rings is 1. The van der Waals surface area contributed by atoms with Crippen LogP contribution in [-0.4, -0.2) is 14.2 Å². The van der Waals surface area contributed by atoms with Crippen molar-refractivity contribution in [3.63, 3.8) is 0 Å². The summed E-state index contributed by atoms with van der Waals surface area (Å²) in [5.74, 6) is 1.58. The van der Waals surface area contributed by atoms with Crippen LogP contribution in [0.5, 0.6) is 5.75 Å². The fourth-order valence-corrected chi connectivity index (χ4v) is 2.54. The lowest BCUT2D eigenvalue weighted by Gasteiger charge is -2.16. The molecule has 0 aliphatic carbocycles. The summed E-state index contributed by atoms with van der Waals surface area (Å²) < 4.78 is 11.6. The lowest BCUT2D eigenvalue weighted by molar-refractivity contribution is 0.413. The molecule has 1 atom stereocenters. The van der Waals surface area contributed by atoms with Gasteiger partial charge in [0.2, 0.25) is 0 Å². The first-order valence-corrected chi connectivity index (χ1v) is 6.58. The molecule has 2 rings (SSSR count). The van der Waals surface area contributed by atoms with Gasteiger partial charge in [-0.2, -0.15) is 0 Å². The molecule has 0 aliphatic heterocycles. The Morgan fingerprint density at radius 3 is 2.61 bits per heavy atom. The topological polar surface area (TPSA) is 34.4 Å². The van der Waals surface area contributed by atoms with E-state index in [2.05, 4.69) is 21.2 Å². The predicted molar refractivity (Wildman–Crippen MR) is 75.3 cm³/mol. The number of rotatable bonds is 4. The number of ether oxygens (including phenoxy) is 1. The van der Waals surface area contributed by atoms with Crippen LogP contribution in [0, 0.1) is 0 Å². The van der Waals surface area contributed by atoms with Crippen molar-refractivity contribution in [2.75, 3.05) is 14.2 Å². The number of hydrogen-bond donors (Lipinski definition) is 1. The van der Waals surface area contributed by atoms with Crippen molar-refractivity contribution in [2.45, 2.75) is 6.04 Å². The Bertz CT molecular complexity index is 542. The van der Waals surface area contributed by atoms with Crippen molar-refractivity contribution in [1.29, 1.82) is 0 Å². The van der Waals surface area contributed by atoms with Gasteiger partial charge in [0, 0.05) is 4.47 Å². The number of nitrogens with one attached hydrogen (secondary N) is 1. The third kappa shape index (κ3) is 2.71. The molecular weight excluding hydrogens is 318 g/mol. The first kappa shape index (κ1) is 13.5. The molecule has 0 amide bonds. The van der Waals surface area contributed by atoms with Crippen LogP contribution in [0.2, 0.25) is 5.22 Å². The van der Waals surface area contributed by atoms with Crippen molar-refractivity contribution in [2.24, 2.45) is 0 Å². The summed E-state index contributed by atoms with van der Waals surface area (Å²) in [4.78, 5) is 0. The second-order valence-corrected chi connectivity index (χ2v) is 4.98. The lowest BCUT2D eigenvalue weighted by atomic mass is 10.0. The highest BCUT2D eigenvalue weighted by Crippen LogP contribution is 2.32. The van der Waals surface area contributed by atoms with Crippen LogP contribution in [0.3, 0.4) is 0 Å². The molecule has 0 radical (unpaired) electrons. The van der Waals surface area contributed by atoms with E-state index in [-0.39, 0.29) is 6.04 Å². The Balaban J connectivity index is 2.39. The van der Waals surface area contributed by atoms with Crippen LogP contribution in [-0.2, 0) is 0 Å². The minimum absolute atomic E-state index is 0.0576. The van der Waals surface area contributed by atoms with E-state index < -0.39 is 0 Å². The largest absolute Gasteiger partial charge is 0.497 e. The van der Waals surface area contributed by atoms with Gasteiger partial charge in [-0.05, 0) is 48.5 Å². The molecule has 1 heterocycles. The van der Waals surface area contributed by atoms with Crippen molar-refractivity contribution in [3.05, 3.63) is 51.3 Å². The summed E-state index contributed by atoms with van der Waals surface area (Å²) in [6.45, 7) is 0. The van der Waals surface area contributed by atoms with E-state index in [4.69, 9.17) is 20.8 Å². The number of halogens is 2. The fraction of sp³-hybridized carbons (Fsp3) is 0.231. The van der Waals surface area contributed by atoms with Gasteiger partial charge in [0.15, 0.2) is 5.22 Å². The first-order valence-electron chi connectivity index (χ1n) is 5.41. The monoisotopic (exact) mass is 329 g/mol. The zero-order valence-electron chi connectivity index (χ0n) is 10.0. The van der Waals surface area contributed by atoms with Gasteiger partial charge in [0.25, 0.3) is 0 Å². The van der Waals surface area contributed by atoms with E-state index in [1.54, 1.807) is 13.2 Å². The van der Waals surface area contributed by atoms with Crippen LogP contribution < -0.4 is 10.1 Å². The predicted octanol–water partition coefficient (Wildman–Crippen LogP) is 4.01. The summed E-state index contributed by atoms with van der Waals surface area (Å²) in [6, 6.07) is 9.36. The standard InChI is InChI=1S/C13H13BrClNO2/c1-16-13(11-5-6-12(15)18-11)9-4-3-8(17-2)7-10(9)14/h3-7,13,16H,1-2H3. The average molecular weight is 331 g/mol. The van der Waals surface area contributed by atoms with Crippen LogP contribution in [0.25, 0.3) is 0 Å². The molecule has 5 heteroatoms. The molecule has 18 heavy (non-hydrogen) atoms. The third-order valence-electron chi connectivity index (χ3n) is 2.69. The Morgan fingerprint density at radius 2 is 2.11 bits per heavy atom. The third-order valence-corrected chi connectivity index (χ3v) is 3.58. The van der Waals surface area contributed by atoms with Crippen molar-refractivity contribution < 1.29 is 9.15 Å². The minimum atomic E-state index is -0.0576. The maximum Gasteiger partial charge on any atom is 0.193 e. The molecule has 0 aliphatic rings. The molecule has 1 aromatic carbocycles. The SMILES string of the molecule is CNC(c1ccc(Cl)o1)c1ccc(OC)cc1Br. The molecule has 0 spiro atoms. The van der Waals surface area contributed by atoms with Crippen molar-refractivity contribution in [1.82, 2.24) is 5.32 Å². The first-order chi connectivity index (χ1) is 8.65. The molecule has 1 unspecified atom stereocenters. The Morgan fingerprint density at radius 1 is 1.33 bits per heavy atom. The highest BCUT2D eigenvalue weighted by molar-refractivity contribution is 9.10. The molecule has 1 aromatic heterocycles. The van der Waals surface area contributed by atoms with E-state index in [9.17, 15) is 0 Å². The van der Waals surface area contributed by atoms with Crippen LogP contribution >= 0.6 is 27.5 Å². The highest BCUT2D eigenvalue weighted by Gasteiger charge is 2.18. The van der Waals surface area contributed by atoms with Crippen LogP contribution in [0.1, 0.15) is 17.4 Å². The van der Waals surface area contributed by atoms with Crippen LogP contribution in [0.15, 0.2) is 39.2 Å². The van der Waals surface area contributed by atoms with Crippen molar-refractivity contribution >= 4 is 27.5 Å². The summed E-state index contributed by atoms with van der Waals surface area (Å²) >= 11 is 9.35. The van der Waals surface area contributed by atoms with Crippen molar-refractivity contribution in [3.8, 4) is 5.75 Å². The summed E-state index contributed by atoms with van der Waals surface area (Å²) in [7, 11) is 3.51. The molecule has 1 N–H and O–H groups in total. The molecule has 2 aromatic rings. The lowest BCUT2D eigenvalue weighted by Crippen LogP contribution is -2.17. The molecule has 0 bridgehead atoms.